The van der Waals surface area contributed by atoms with Crippen molar-refractivity contribution in [3.8, 4) is 0 Å². The van der Waals surface area contributed by atoms with Crippen molar-refractivity contribution in [1.29, 1.82) is 0 Å². The number of carboxylic acid groups (broad SMARTS) is 1. The van der Waals surface area contributed by atoms with Crippen molar-refractivity contribution in [1.82, 2.24) is 10.2 Å². The van der Waals surface area contributed by atoms with Crippen LogP contribution in [-0.2, 0) is 10.0 Å². The van der Waals surface area contributed by atoms with Gasteiger partial charge < -0.3 is 5.11 Å². The second-order valence-electron chi connectivity index (χ2n) is 4.06. The van der Waals surface area contributed by atoms with Crippen LogP contribution in [0.2, 0.25) is 0 Å². The van der Waals surface area contributed by atoms with Gasteiger partial charge in [-0.25, -0.2) is 17.6 Å². The zero-order valence-electron chi connectivity index (χ0n) is 10.5. The first kappa shape index (κ1) is 15.7. The Morgan fingerprint density at radius 1 is 1.48 bits per heavy atom. The number of anilines is 1. The number of aromatic nitrogens is 2. The molecule has 0 aliphatic carbocycles. The molecule has 112 valence electrons. The number of aromatic amines is 1. The van der Waals surface area contributed by atoms with Crippen LogP contribution < -0.4 is 4.72 Å². The first-order chi connectivity index (χ1) is 9.72. The molecule has 0 radical (unpaired) electrons. The lowest BCUT2D eigenvalue weighted by atomic mass is 10.3. The van der Waals surface area contributed by atoms with E-state index < -0.39 is 32.4 Å². The highest BCUT2D eigenvalue weighted by Crippen LogP contribution is 2.25. The molecule has 0 saturated heterocycles. The summed E-state index contributed by atoms with van der Waals surface area (Å²) in [5, 5.41) is 14.8. The van der Waals surface area contributed by atoms with E-state index >= 15 is 0 Å². The van der Waals surface area contributed by atoms with Gasteiger partial charge in [0.2, 0.25) is 0 Å². The van der Waals surface area contributed by atoms with Crippen LogP contribution in [0.4, 0.5) is 10.1 Å². The minimum absolute atomic E-state index is 0.0945. The van der Waals surface area contributed by atoms with E-state index in [0.717, 1.165) is 12.1 Å². The number of aryl methyl sites for hydroxylation is 1. The summed E-state index contributed by atoms with van der Waals surface area (Å²) in [7, 11) is -4.16. The number of halogens is 2. The van der Waals surface area contributed by atoms with Gasteiger partial charge in [0.15, 0.2) is 5.69 Å². The number of carbonyl (C=O) groups is 1. The summed E-state index contributed by atoms with van der Waals surface area (Å²) >= 11 is 1.77. The van der Waals surface area contributed by atoms with Gasteiger partial charge in [0, 0.05) is 3.57 Å². The van der Waals surface area contributed by atoms with Gasteiger partial charge in [-0.05, 0) is 47.7 Å². The third kappa shape index (κ3) is 3.15. The van der Waals surface area contributed by atoms with Gasteiger partial charge in [-0.2, -0.15) is 5.10 Å². The van der Waals surface area contributed by atoms with Gasteiger partial charge in [0.05, 0.1) is 11.4 Å². The third-order valence-electron chi connectivity index (χ3n) is 2.54. The molecule has 0 aliphatic rings. The van der Waals surface area contributed by atoms with Crippen LogP contribution in [0.5, 0.6) is 0 Å². The Labute approximate surface area is 132 Å². The van der Waals surface area contributed by atoms with Gasteiger partial charge in [-0.1, -0.05) is 0 Å². The summed E-state index contributed by atoms with van der Waals surface area (Å²) in [6.45, 7) is 1.39. The normalized spacial score (nSPS) is 11.4. The van der Waals surface area contributed by atoms with Gasteiger partial charge >= 0.3 is 5.97 Å². The molecule has 0 fully saturated rings. The van der Waals surface area contributed by atoms with Gasteiger partial charge in [0.1, 0.15) is 10.7 Å². The molecular formula is C11H9FIN3O4S. The number of sulfonamides is 1. The van der Waals surface area contributed by atoms with Gasteiger partial charge in [0.25, 0.3) is 10.0 Å². The van der Waals surface area contributed by atoms with Gasteiger partial charge in [-0.15, -0.1) is 0 Å². The number of hydrogen-bond donors (Lipinski definition) is 3. The molecule has 0 atom stereocenters. The molecule has 1 aromatic heterocycles. The predicted octanol–water partition coefficient (Wildman–Crippen LogP) is 1.96. The smallest absolute Gasteiger partial charge is 0.357 e. The summed E-state index contributed by atoms with van der Waals surface area (Å²) in [4.78, 5) is 10.6. The molecule has 10 heteroatoms. The highest BCUT2D eigenvalue weighted by atomic mass is 127. The van der Waals surface area contributed by atoms with Crippen LogP contribution in [-0.4, -0.2) is 29.7 Å². The monoisotopic (exact) mass is 425 g/mol. The first-order valence-electron chi connectivity index (χ1n) is 5.48. The molecule has 0 amide bonds. The number of aromatic carboxylic acids is 1. The number of nitrogens with zero attached hydrogens (tertiary/aromatic N) is 1. The maximum Gasteiger partial charge on any atom is 0.357 e. The number of hydrogen-bond acceptors (Lipinski definition) is 4. The van der Waals surface area contributed by atoms with E-state index in [9.17, 15) is 17.6 Å². The molecule has 0 bridgehead atoms. The van der Waals surface area contributed by atoms with Crippen molar-refractivity contribution >= 4 is 44.3 Å². The molecule has 21 heavy (non-hydrogen) atoms. The summed E-state index contributed by atoms with van der Waals surface area (Å²) in [5.41, 5.74) is -0.358. The molecule has 2 aromatic rings. The fourth-order valence-corrected chi connectivity index (χ4v) is 3.86. The topological polar surface area (TPSA) is 112 Å². The van der Waals surface area contributed by atoms with E-state index in [-0.39, 0.29) is 11.4 Å². The number of H-pyrrole nitrogens is 1. The average Bonchev–Trinajstić information content (AvgIpc) is 2.76. The number of benzene rings is 1. The Morgan fingerprint density at radius 3 is 2.71 bits per heavy atom. The molecule has 0 aliphatic heterocycles. The minimum atomic E-state index is -4.16. The van der Waals surface area contributed by atoms with E-state index in [2.05, 4.69) is 14.9 Å². The Morgan fingerprint density at radius 2 is 2.14 bits per heavy atom. The van der Waals surface area contributed by atoms with E-state index in [1.165, 1.54) is 13.0 Å². The van der Waals surface area contributed by atoms with Crippen LogP contribution in [0.25, 0.3) is 0 Å². The summed E-state index contributed by atoms with van der Waals surface area (Å²) in [6.07, 6.45) is 0. The zero-order valence-corrected chi connectivity index (χ0v) is 13.5. The molecule has 2 rings (SSSR count). The summed E-state index contributed by atoms with van der Waals surface area (Å²) in [6, 6.07) is 3.50. The Balaban J connectivity index is 2.48. The second-order valence-corrected chi connectivity index (χ2v) is 6.84. The minimum Gasteiger partial charge on any atom is -0.476 e. The Bertz CT molecular complexity index is 819. The van der Waals surface area contributed by atoms with E-state index in [1.54, 1.807) is 22.6 Å². The molecule has 7 nitrogen and oxygen atoms in total. The van der Waals surface area contributed by atoms with Crippen molar-refractivity contribution in [2.45, 2.75) is 11.8 Å². The number of nitrogens with one attached hydrogen (secondary N) is 2. The molecular weight excluding hydrogens is 416 g/mol. The Kier molecular flexibility index (Phi) is 4.18. The fourth-order valence-electron chi connectivity index (χ4n) is 1.66. The van der Waals surface area contributed by atoms with E-state index in [0.29, 0.717) is 3.57 Å². The van der Waals surface area contributed by atoms with Crippen molar-refractivity contribution in [2.24, 2.45) is 0 Å². The lowest BCUT2D eigenvalue weighted by Crippen LogP contribution is -2.17. The van der Waals surface area contributed by atoms with Crippen LogP contribution in [0.3, 0.4) is 0 Å². The maximum absolute atomic E-state index is 13.0. The highest BCUT2D eigenvalue weighted by molar-refractivity contribution is 14.1. The first-order valence-corrected chi connectivity index (χ1v) is 8.04. The summed E-state index contributed by atoms with van der Waals surface area (Å²) < 4.78 is 40.2. The molecule has 1 heterocycles. The standard InChI is InChI=1S/C11H9FIN3O4S/c1-5-10(9(11(17)18)15-14-5)21(19,20)16-8-3-2-6(12)4-7(8)13/h2-4,16H,1H3,(H,14,15)(H,17,18). The zero-order chi connectivity index (χ0) is 15.8. The Hall–Kier alpha value is -1.69. The molecule has 3 N–H and O–H groups in total. The number of rotatable bonds is 4. The fraction of sp³-hybridized carbons (Fsp3) is 0.0909. The predicted molar refractivity (Wildman–Crippen MR) is 80.2 cm³/mol. The lowest BCUT2D eigenvalue weighted by molar-refractivity contribution is 0.0686. The van der Waals surface area contributed by atoms with Crippen molar-refractivity contribution < 1.29 is 22.7 Å². The van der Waals surface area contributed by atoms with E-state index in [1.807, 2.05) is 0 Å². The summed E-state index contributed by atoms with van der Waals surface area (Å²) in [5.74, 6) is -1.97. The average molecular weight is 425 g/mol. The van der Waals surface area contributed by atoms with Crippen LogP contribution in [0, 0.1) is 16.3 Å². The molecule has 0 spiro atoms. The lowest BCUT2D eigenvalue weighted by Gasteiger charge is -2.09. The number of carboxylic acids is 1. The highest BCUT2D eigenvalue weighted by Gasteiger charge is 2.28. The van der Waals surface area contributed by atoms with Gasteiger partial charge in [-0.3, -0.25) is 9.82 Å². The van der Waals surface area contributed by atoms with Crippen molar-refractivity contribution in [3.05, 3.63) is 39.0 Å². The molecule has 0 saturated carbocycles. The van der Waals surface area contributed by atoms with Crippen molar-refractivity contribution in [2.75, 3.05) is 4.72 Å². The van der Waals surface area contributed by atoms with Crippen molar-refractivity contribution in [3.63, 3.8) is 0 Å². The van der Waals surface area contributed by atoms with Crippen LogP contribution in [0.1, 0.15) is 16.2 Å². The quantitative estimate of drug-likeness (QED) is 0.649. The van der Waals surface area contributed by atoms with E-state index in [4.69, 9.17) is 5.11 Å². The molecule has 1 aromatic carbocycles. The van der Waals surface area contributed by atoms with Crippen LogP contribution in [0.15, 0.2) is 23.1 Å². The SMILES string of the molecule is Cc1[nH]nc(C(=O)O)c1S(=O)(=O)Nc1ccc(F)cc1I. The molecule has 0 unspecified atom stereocenters. The van der Waals surface area contributed by atoms with Crippen LogP contribution >= 0.6 is 22.6 Å². The maximum atomic E-state index is 13.0. The largest absolute Gasteiger partial charge is 0.476 e. The third-order valence-corrected chi connectivity index (χ3v) is 4.96. The second kappa shape index (κ2) is 5.60.